The topological polar surface area (TPSA) is 107 Å². The van der Waals surface area contributed by atoms with Crippen LogP contribution in [0.2, 0.25) is 0 Å². The van der Waals surface area contributed by atoms with Crippen molar-refractivity contribution in [1.29, 1.82) is 0 Å². The van der Waals surface area contributed by atoms with Gasteiger partial charge in [-0.1, -0.05) is 6.07 Å². The molecule has 21 heavy (non-hydrogen) atoms. The number of nitrogens with zero attached hydrogens (tertiary/aromatic N) is 3. The molecule has 0 aliphatic heterocycles. The van der Waals surface area contributed by atoms with Crippen molar-refractivity contribution in [3.05, 3.63) is 46.3 Å². The summed E-state index contributed by atoms with van der Waals surface area (Å²) in [5.41, 5.74) is -0.170. The zero-order chi connectivity index (χ0) is 15.6. The molecule has 0 fully saturated rings. The van der Waals surface area contributed by atoms with Crippen molar-refractivity contribution in [2.45, 2.75) is 20.0 Å². The summed E-state index contributed by atoms with van der Waals surface area (Å²) in [5.74, 6) is -1.04. The Labute approximate surface area is 119 Å². The number of carbonyl (C=O) groups is 1. The van der Waals surface area contributed by atoms with Gasteiger partial charge >= 0.3 is 11.7 Å². The van der Waals surface area contributed by atoms with Gasteiger partial charge in [0, 0.05) is 6.20 Å². The first-order chi connectivity index (χ1) is 9.90. The molecular weight excluding hydrogens is 278 g/mol. The predicted molar refractivity (Wildman–Crippen MR) is 72.9 cm³/mol. The van der Waals surface area contributed by atoms with Gasteiger partial charge in [-0.25, -0.2) is 9.48 Å². The van der Waals surface area contributed by atoms with Crippen LogP contribution in [-0.2, 0) is 0 Å². The van der Waals surface area contributed by atoms with Gasteiger partial charge in [-0.3, -0.25) is 10.1 Å². The van der Waals surface area contributed by atoms with E-state index in [0.29, 0.717) is 0 Å². The van der Waals surface area contributed by atoms with E-state index in [1.54, 1.807) is 19.9 Å². The van der Waals surface area contributed by atoms with Crippen molar-refractivity contribution >= 4 is 11.7 Å². The van der Waals surface area contributed by atoms with Crippen molar-refractivity contribution in [1.82, 2.24) is 9.78 Å². The monoisotopic (exact) mass is 291 g/mol. The van der Waals surface area contributed by atoms with E-state index in [1.807, 2.05) is 0 Å². The fourth-order valence-corrected chi connectivity index (χ4v) is 1.79. The van der Waals surface area contributed by atoms with Gasteiger partial charge < -0.3 is 9.84 Å². The number of carboxylic acid groups (broad SMARTS) is 1. The van der Waals surface area contributed by atoms with Crippen LogP contribution in [-0.4, -0.2) is 31.9 Å². The Hall–Kier alpha value is -2.90. The highest BCUT2D eigenvalue weighted by Gasteiger charge is 2.24. The number of para-hydroxylation sites is 1. The van der Waals surface area contributed by atoms with Crippen molar-refractivity contribution in [2.75, 3.05) is 0 Å². The molecule has 0 aliphatic carbocycles. The maximum atomic E-state index is 11.3. The number of rotatable bonds is 5. The molecule has 0 unspecified atom stereocenters. The first-order valence-corrected chi connectivity index (χ1v) is 6.12. The molecule has 0 saturated carbocycles. The molecule has 1 heterocycles. The van der Waals surface area contributed by atoms with Crippen LogP contribution in [0.4, 0.5) is 5.69 Å². The Morgan fingerprint density at radius 3 is 2.71 bits per heavy atom. The molecule has 8 heteroatoms. The minimum absolute atomic E-state index is 0.0560. The van der Waals surface area contributed by atoms with E-state index in [9.17, 15) is 14.9 Å². The average Bonchev–Trinajstić information content (AvgIpc) is 2.86. The molecule has 2 rings (SSSR count). The van der Waals surface area contributed by atoms with Crippen molar-refractivity contribution in [3.8, 4) is 11.4 Å². The third-order valence-corrected chi connectivity index (χ3v) is 2.60. The molecule has 8 nitrogen and oxygen atoms in total. The summed E-state index contributed by atoms with van der Waals surface area (Å²) >= 11 is 0. The number of carboxylic acids is 1. The van der Waals surface area contributed by atoms with Crippen LogP contribution in [0.3, 0.4) is 0 Å². The molecule has 0 bridgehead atoms. The highest BCUT2D eigenvalue weighted by molar-refractivity contribution is 5.87. The number of aromatic nitrogens is 2. The summed E-state index contributed by atoms with van der Waals surface area (Å²) in [7, 11) is 0. The number of nitro benzene ring substituents is 1. The second kappa shape index (κ2) is 5.61. The van der Waals surface area contributed by atoms with Gasteiger partial charge in [0.1, 0.15) is 5.69 Å². The normalized spacial score (nSPS) is 10.6. The Morgan fingerprint density at radius 1 is 1.48 bits per heavy atom. The highest BCUT2D eigenvalue weighted by Crippen LogP contribution is 2.33. The van der Waals surface area contributed by atoms with Gasteiger partial charge in [0.15, 0.2) is 5.75 Å². The predicted octanol–water partition coefficient (Wildman–Crippen LogP) is 2.27. The van der Waals surface area contributed by atoms with E-state index >= 15 is 0 Å². The average molecular weight is 291 g/mol. The summed E-state index contributed by atoms with van der Waals surface area (Å²) in [6.07, 6.45) is 2.11. The number of nitro groups is 1. The quantitative estimate of drug-likeness (QED) is 0.668. The van der Waals surface area contributed by atoms with Gasteiger partial charge in [0.2, 0.25) is 0 Å². The first kappa shape index (κ1) is 14.5. The smallest absolute Gasteiger partial charge is 0.338 e. The molecule has 110 valence electrons. The van der Waals surface area contributed by atoms with Gasteiger partial charge in [-0.2, -0.15) is 5.10 Å². The van der Waals surface area contributed by atoms with Gasteiger partial charge in [-0.15, -0.1) is 0 Å². The lowest BCUT2D eigenvalue weighted by atomic mass is 10.2. The molecule has 0 radical (unpaired) electrons. The minimum Gasteiger partial charge on any atom is -0.484 e. The summed E-state index contributed by atoms with van der Waals surface area (Å²) in [5, 5.41) is 24.0. The van der Waals surface area contributed by atoms with Gasteiger partial charge in [0.05, 0.1) is 22.8 Å². The molecular formula is C13H13N3O5. The van der Waals surface area contributed by atoms with Gasteiger partial charge in [-0.05, 0) is 26.0 Å². The maximum absolute atomic E-state index is 11.3. The van der Waals surface area contributed by atoms with Crippen LogP contribution in [0.15, 0.2) is 30.6 Å². The maximum Gasteiger partial charge on any atom is 0.338 e. The molecule has 0 saturated heterocycles. The Morgan fingerprint density at radius 2 is 2.19 bits per heavy atom. The SMILES string of the molecule is CC(C)Oc1cccc(-n2cc(C(=O)O)cn2)c1[N+](=O)[O-]. The van der Waals surface area contributed by atoms with Gasteiger partial charge in [0.25, 0.3) is 0 Å². The molecule has 1 N–H and O–H groups in total. The van der Waals surface area contributed by atoms with Crippen LogP contribution >= 0.6 is 0 Å². The third kappa shape index (κ3) is 2.99. The lowest BCUT2D eigenvalue weighted by molar-refractivity contribution is -0.385. The van der Waals surface area contributed by atoms with Crippen molar-refractivity contribution in [2.24, 2.45) is 0 Å². The van der Waals surface area contributed by atoms with E-state index in [4.69, 9.17) is 9.84 Å². The summed E-state index contributed by atoms with van der Waals surface area (Å²) < 4.78 is 6.57. The number of benzene rings is 1. The molecule has 1 aromatic heterocycles. The zero-order valence-electron chi connectivity index (χ0n) is 11.4. The lowest BCUT2D eigenvalue weighted by Crippen LogP contribution is -2.09. The summed E-state index contributed by atoms with van der Waals surface area (Å²) in [6, 6.07) is 4.55. The zero-order valence-corrected chi connectivity index (χ0v) is 11.4. The minimum atomic E-state index is -1.15. The first-order valence-electron chi connectivity index (χ1n) is 6.12. The van der Waals surface area contributed by atoms with Crippen LogP contribution in [0.1, 0.15) is 24.2 Å². The largest absolute Gasteiger partial charge is 0.484 e. The van der Waals surface area contributed by atoms with E-state index < -0.39 is 10.9 Å². The van der Waals surface area contributed by atoms with Crippen molar-refractivity contribution < 1.29 is 19.6 Å². The third-order valence-electron chi connectivity index (χ3n) is 2.60. The van der Waals surface area contributed by atoms with E-state index in [0.717, 1.165) is 10.9 Å². The van der Waals surface area contributed by atoms with Crippen LogP contribution in [0.5, 0.6) is 5.75 Å². The van der Waals surface area contributed by atoms with E-state index in [1.165, 1.54) is 18.3 Å². The molecule has 0 spiro atoms. The van der Waals surface area contributed by atoms with Crippen LogP contribution < -0.4 is 4.74 Å². The summed E-state index contributed by atoms with van der Waals surface area (Å²) in [6.45, 7) is 3.51. The Bertz CT molecular complexity index is 693. The van der Waals surface area contributed by atoms with E-state index in [2.05, 4.69) is 5.10 Å². The van der Waals surface area contributed by atoms with Crippen molar-refractivity contribution in [3.63, 3.8) is 0 Å². The lowest BCUT2D eigenvalue weighted by Gasteiger charge is -2.12. The fourth-order valence-electron chi connectivity index (χ4n) is 1.79. The molecule has 0 atom stereocenters. The standard InChI is InChI=1S/C13H13N3O5/c1-8(2)21-11-5-3-4-10(12(11)16(19)20)15-7-9(6-14-15)13(17)18/h3-8H,1-2H3,(H,17,18). The van der Waals surface area contributed by atoms with Crippen LogP contribution in [0, 0.1) is 10.1 Å². The van der Waals surface area contributed by atoms with Crippen LogP contribution in [0.25, 0.3) is 5.69 Å². The second-order valence-corrected chi connectivity index (χ2v) is 4.53. The molecule has 0 amide bonds. The highest BCUT2D eigenvalue weighted by atomic mass is 16.6. The number of ether oxygens (including phenoxy) is 1. The Kier molecular flexibility index (Phi) is 3.88. The molecule has 1 aromatic carbocycles. The fraction of sp³-hybridized carbons (Fsp3) is 0.231. The molecule has 0 aliphatic rings. The van der Waals surface area contributed by atoms with E-state index in [-0.39, 0.29) is 28.8 Å². The summed E-state index contributed by atoms with van der Waals surface area (Å²) in [4.78, 5) is 21.6. The number of hydrogen-bond donors (Lipinski definition) is 1. The number of aromatic carboxylic acids is 1. The second-order valence-electron chi connectivity index (χ2n) is 4.53. The number of hydrogen-bond acceptors (Lipinski definition) is 5. The molecule has 2 aromatic rings. The Balaban J connectivity index is 2.56.